The number of rotatable bonds is 3. The van der Waals surface area contributed by atoms with E-state index in [2.05, 4.69) is 18.3 Å². The van der Waals surface area contributed by atoms with Gasteiger partial charge < -0.3 is 19.5 Å². The summed E-state index contributed by atoms with van der Waals surface area (Å²) < 4.78 is 16.4. The van der Waals surface area contributed by atoms with Crippen LogP contribution >= 0.6 is 0 Å². The molecule has 1 heterocycles. The fourth-order valence-corrected chi connectivity index (χ4v) is 2.33. The van der Waals surface area contributed by atoms with Crippen LogP contribution in [0.4, 0.5) is 0 Å². The Hall–Kier alpha value is -1.26. The first-order valence-corrected chi connectivity index (χ1v) is 6.20. The number of methoxy groups -OCH3 is 2. The lowest BCUT2D eigenvalue weighted by atomic mass is 9.82. The summed E-state index contributed by atoms with van der Waals surface area (Å²) in [6, 6.07) is 5.95. The molecule has 1 aromatic carbocycles. The molecule has 100 valence electrons. The predicted molar refractivity (Wildman–Crippen MR) is 70.6 cm³/mol. The van der Waals surface area contributed by atoms with E-state index in [1.807, 2.05) is 12.1 Å². The van der Waals surface area contributed by atoms with Gasteiger partial charge in [0.15, 0.2) is 0 Å². The lowest BCUT2D eigenvalue weighted by Gasteiger charge is -2.29. The molecule has 1 aliphatic rings. The van der Waals surface area contributed by atoms with Crippen molar-refractivity contribution in [2.75, 3.05) is 40.5 Å². The molecule has 0 bridgehead atoms. The minimum absolute atomic E-state index is 0.0753. The number of benzene rings is 1. The van der Waals surface area contributed by atoms with Gasteiger partial charge in [0.1, 0.15) is 11.5 Å². The third-order valence-corrected chi connectivity index (χ3v) is 3.42. The van der Waals surface area contributed by atoms with Crippen molar-refractivity contribution in [3.05, 3.63) is 23.8 Å². The van der Waals surface area contributed by atoms with Crippen LogP contribution in [-0.2, 0) is 10.2 Å². The fourth-order valence-electron chi connectivity index (χ4n) is 2.33. The smallest absolute Gasteiger partial charge is 0.126 e. The second-order valence-corrected chi connectivity index (χ2v) is 4.86. The maximum Gasteiger partial charge on any atom is 0.126 e. The molecule has 1 aliphatic heterocycles. The summed E-state index contributed by atoms with van der Waals surface area (Å²) in [7, 11) is 3.35. The highest BCUT2D eigenvalue weighted by Crippen LogP contribution is 2.35. The number of hydrogen-bond donors (Lipinski definition) is 1. The van der Waals surface area contributed by atoms with Gasteiger partial charge in [-0.25, -0.2) is 0 Å². The molecule has 18 heavy (non-hydrogen) atoms. The maximum atomic E-state index is 5.67. The zero-order valence-corrected chi connectivity index (χ0v) is 11.3. The Kier molecular flexibility index (Phi) is 4.09. The quantitative estimate of drug-likeness (QED) is 0.885. The van der Waals surface area contributed by atoms with E-state index in [4.69, 9.17) is 14.2 Å². The molecule has 2 rings (SSSR count). The highest BCUT2D eigenvalue weighted by Gasteiger charge is 2.31. The molecular weight excluding hydrogens is 230 g/mol. The molecule has 4 heteroatoms. The number of ether oxygens (including phenoxy) is 3. The zero-order chi connectivity index (χ0) is 13.0. The fraction of sp³-hybridized carbons (Fsp3) is 0.571. The van der Waals surface area contributed by atoms with Gasteiger partial charge in [-0.15, -0.1) is 0 Å². The summed E-state index contributed by atoms with van der Waals surface area (Å²) >= 11 is 0. The Morgan fingerprint density at radius 3 is 2.83 bits per heavy atom. The molecule has 1 aromatic rings. The van der Waals surface area contributed by atoms with Crippen LogP contribution in [0.25, 0.3) is 0 Å². The van der Waals surface area contributed by atoms with Gasteiger partial charge in [-0.05, 0) is 6.07 Å². The van der Waals surface area contributed by atoms with Gasteiger partial charge in [0, 0.05) is 30.1 Å². The predicted octanol–water partition coefficient (Wildman–Crippen LogP) is 1.58. The van der Waals surface area contributed by atoms with Gasteiger partial charge in [0.25, 0.3) is 0 Å². The van der Waals surface area contributed by atoms with Crippen LogP contribution in [0.15, 0.2) is 18.2 Å². The molecule has 1 fully saturated rings. The second-order valence-electron chi connectivity index (χ2n) is 4.86. The molecule has 1 unspecified atom stereocenters. The lowest BCUT2D eigenvalue weighted by Crippen LogP contribution is -2.37. The SMILES string of the molecule is COc1ccc(C2(C)CNCCOC2)c(OC)c1. The van der Waals surface area contributed by atoms with Gasteiger partial charge in [-0.2, -0.15) is 0 Å². The van der Waals surface area contributed by atoms with Gasteiger partial charge in [-0.3, -0.25) is 0 Å². The average Bonchev–Trinajstić information content (AvgIpc) is 2.63. The lowest BCUT2D eigenvalue weighted by molar-refractivity contribution is 0.112. The van der Waals surface area contributed by atoms with E-state index in [1.165, 1.54) is 0 Å². The van der Waals surface area contributed by atoms with Crippen molar-refractivity contribution < 1.29 is 14.2 Å². The normalized spacial score (nSPS) is 24.4. The molecule has 0 saturated carbocycles. The van der Waals surface area contributed by atoms with E-state index in [9.17, 15) is 0 Å². The van der Waals surface area contributed by atoms with Gasteiger partial charge in [0.2, 0.25) is 0 Å². The summed E-state index contributed by atoms with van der Waals surface area (Å²) in [6.07, 6.45) is 0. The summed E-state index contributed by atoms with van der Waals surface area (Å²) in [5.74, 6) is 1.66. The van der Waals surface area contributed by atoms with Crippen molar-refractivity contribution in [3.63, 3.8) is 0 Å². The van der Waals surface area contributed by atoms with Crippen molar-refractivity contribution in [1.29, 1.82) is 0 Å². The summed E-state index contributed by atoms with van der Waals surface area (Å²) in [5.41, 5.74) is 1.08. The van der Waals surface area contributed by atoms with Crippen molar-refractivity contribution in [2.45, 2.75) is 12.3 Å². The van der Waals surface area contributed by atoms with E-state index in [0.29, 0.717) is 6.61 Å². The first-order valence-electron chi connectivity index (χ1n) is 6.20. The third kappa shape index (κ3) is 2.60. The molecule has 0 aromatic heterocycles. The maximum absolute atomic E-state index is 5.67. The Morgan fingerprint density at radius 2 is 2.11 bits per heavy atom. The summed E-state index contributed by atoms with van der Waals surface area (Å²) in [4.78, 5) is 0. The van der Waals surface area contributed by atoms with Gasteiger partial charge >= 0.3 is 0 Å². The molecule has 4 nitrogen and oxygen atoms in total. The van der Waals surface area contributed by atoms with E-state index in [-0.39, 0.29) is 5.41 Å². The van der Waals surface area contributed by atoms with E-state index >= 15 is 0 Å². The van der Waals surface area contributed by atoms with Gasteiger partial charge in [0.05, 0.1) is 27.4 Å². The van der Waals surface area contributed by atoms with E-state index in [0.717, 1.165) is 36.8 Å². The largest absolute Gasteiger partial charge is 0.497 e. The van der Waals surface area contributed by atoms with Crippen molar-refractivity contribution >= 4 is 0 Å². The molecule has 1 saturated heterocycles. The summed E-state index contributed by atoms with van der Waals surface area (Å²) in [5, 5.41) is 3.40. The molecule has 1 N–H and O–H groups in total. The molecule has 0 spiro atoms. The zero-order valence-electron chi connectivity index (χ0n) is 11.3. The van der Waals surface area contributed by atoms with E-state index in [1.54, 1.807) is 14.2 Å². The topological polar surface area (TPSA) is 39.7 Å². The van der Waals surface area contributed by atoms with Crippen LogP contribution in [0, 0.1) is 0 Å². The number of nitrogens with one attached hydrogen (secondary N) is 1. The van der Waals surface area contributed by atoms with Crippen LogP contribution in [0.1, 0.15) is 12.5 Å². The Morgan fingerprint density at radius 1 is 1.28 bits per heavy atom. The van der Waals surface area contributed by atoms with Crippen LogP contribution in [0.2, 0.25) is 0 Å². The van der Waals surface area contributed by atoms with Crippen LogP contribution in [0.3, 0.4) is 0 Å². The van der Waals surface area contributed by atoms with Gasteiger partial charge in [-0.1, -0.05) is 13.0 Å². The van der Waals surface area contributed by atoms with Crippen LogP contribution in [-0.4, -0.2) is 40.5 Å². The van der Waals surface area contributed by atoms with Crippen molar-refractivity contribution in [2.24, 2.45) is 0 Å². The Labute approximate surface area is 108 Å². The van der Waals surface area contributed by atoms with E-state index < -0.39 is 0 Å². The van der Waals surface area contributed by atoms with Crippen molar-refractivity contribution in [3.8, 4) is 11.5 Å². The molecular formula is C14H21NO3. The third-order valence-electron chi connectivity index (χ3n) is 3.42. The second kappa shape index (κ2) is 5.59. The summed E-state index contributed by atoms with van der Waals surface area (Å²) in [6.45, 7) is 5.43. The monoisotopic (exact) mass is 251 g/mol. The highest BCUT2D eigenvalue weighted by atomic mass is 16.5. The van der Waals surface area contributed by atoms with Crippen molar-refractivity contribution in [1.82, 2.24) is 5.32 Å². The molecule has 0 radical (unpaired) electrons. The van der Waals surface area contributed by atoms with Crippen LogP contribution < -0.4 is 14.8 Å². The average molecular weight is 251 g/mol. The Bertz CT molecular complexity index is 398. The number of hydrogen-bond acceptors (Lipinski definition) is 4. The standard InChI is InChI=1S/C14H21NO3/c1-14(9-15-6-7-18-10-14)12-5-4-11(16-2)8-13(12)17-3/h4-5,8,15H,6-7,9-10H2,1-3H3. The highest BCUT2D eigenvalue weighted by molar-refractivity contribution is 5.45. The first kappa shape index (κ1) is 13.2. The molecule has 0 amide bonds. The molecule has 1 atom stereocenters. The minimum atomic E-state index is -0.0753. The molecule has 0 aliphatic carbocycles. The minimum Gasteiger partial charge on any atom is -0.497 e. The Balaban J connectivity index is 2.35. The van der Waals surface area contributed by atoms with Crippen LogP contribution in [0.5, 0.6) is 11.5 Å². The first-order chi connectivity index (χ1) is 8.69.